The van der Waals surface area contributed by atoms with Crippen molar-refractivity contribution < 1.29 is 4.74 Å². The number of benzene rings is 1. The Labute approximate surface area is 111 Å². The molecule has 0 spiro atoms. The molecular weight excluding hydrogens is 246 g/mol. The second kappa shape index (κ2) is 5.91. The fraction of sp³-hybridized carbons (Fsp3) is 0.385. The fourth-order valence-corrected chi connectivity index (χ4v) is 2.44. The largest absolute Gasteiger partial charge is 0.494 e. The van der Waals surface area contributed by atoms with Crippen LogP contribution in [0.2, 0.25) is 0 Å². The minimum Gasteiger partial charge on any atom is -0.494 e. The van der Waals surface area contributed by atoms with Crippen LogP contribution in [0.25, 0.3) is 5.69 Å². The fourth-order valence-electron chi connectivity index (χ4n) is 1.72. The quantitative estimate of drug-likeness (QED) is 0.777. The Kier molecular flexibility index (Phi) is 4.25. The molecule has 2 rings (SSSR count). The molecular formula is C13H17N3OS. The van der Waals surface area contributed by atoms with Gasteiger partial charge in [-0.3, -0.25) is 4.57 Å². The summed E-state index contributed by atoms with van der Waals surface area (Å²) in [5.74, 6) is 2.77. The lowest BCUT2D eigenvalue weighted by molar-refractivity contribution is 0.340. The summed E-state index contributed by atoms with van der Waals surface area (Å²) in [6, 6.07) is 8.00. The van der Waals surface area contributed by atoms with E-state index in [1.807, 2.05) is 38.1 Å². The van der Waals surface area contributed by atoms with Crippen LogP contribution in [-0.2, 0) is 0 Å². The van der Waals surface area contributed by atoms with Crippen molar-refractivity contribution in [1.29, 1.82) is 0 Å². The summed E-state index contributed by atoms with van der Waals surface area (Å²) in [6.45, 7) is 6.73. The number of ether oxygens (including phenoxy) is 1. The third-order valence-electron chi connectivity index (χ3n) is 2.47. The van der Waals surface area contributed by atoms with Gasteiger partial charge in [-0.05, 0) is 43.9 Å². The third-order valence-corrected chi connectivity index (χ3v) is 3.29. The highest BCUT2D eigenvalue weighted by Gasteiger charge is 2.10. The number of thioether (sulfide) groups is 1. The molecule has 0 amide bonds. The molecule has 1 aromatic heterocycles. The van der Waals surface area contributed by atoms with Crippen LogP contribution in [0.1, 0.15) is 19.7 Å². The minimum absolute atomic E-state index is 0.682. The average Bonchev–Trinajstić information content (AvgIpc) is 2.73. The lowest BCUT2D eigenvalue weighted by Gasteiger charge is -2.09. The molecule has 0 aliphatic heterocycles. The topological polar surface area (TPSA) is 39.9 Å². The molecule has 0 aliphatic rings. The first kappa shape index (κ1) is 13.0. The van der Waals surface area contributed by atoms with Gasteiger partial charge in [0.15, 0.2) is 5.16 Å². The van der Waals surface area contributed by atoms with Gasteiger partial charge in [0, 0.05) is 5.69 Å². The third kappa shape index (κ3) is 2.67. The van der Waals surface area contributed by atoms with Gasteiger partial charge in [-0.25, -0.2) is 0 Å². The predicted molar refractivity (Wildman–Crippen MR) is 73.7 cm³/mol. The highest BCUT2D eigenvalue weighted by atomic mass is 32.2. The monoisotopic (exact) mass is 263 g/mol. The van der Waals surface area contributed by atoms with E-state index in [4.69, 9.17) is 4.74 Å². The normalized spacial score (nSPS) is 10.6. The molecule has 0 radical (unpaired) electrons. The SMILES string of the molecule is CCOc1ccc(-n2c(C)nnc2SCC)cc1. The summed E-state index contributed by atoms with van der Waals surface area (Å²) in [6.07, 6.45) is 0. The van der Waals surface area contributed by atoms with E-state index in [-0.39, 0.29) is 0 Å². The Morgan fingerprint density at radius 3 is 2.50 bits per heavy atom. The Morgan fingerprint density at radius 2 is 1.89 bits per heavy atom. The molecule has 18 heavy (non-hydrogen) atoms. The van der Waals surface area contributed by atoms with E-state index in [2.05, 4.69) is 21.7 Å². The number of hydrogen-bond donors (Lipinski definition) is 0. The molecule has 1 aromatic carbocycles. The molecule has 4 nitrogen and oxygen atoms in total. The van der Waals surface area contributed by atoms with Crippen LogP contribution in [0.5, 0.6) is 5.75 Å². The molecule has 0 atom stereocenters. The maximum Gasteiger partial charge on any atom is 0.195 e. The molecule has 0 N–H and O–H groups in total. The first-order valence-corrected chi connectivity index (χ1v) is 7.02. The lowest BCUT2D eigenvalue weighted by Crippen LogP contribution is -1.99. The van der Waals surface area contributed by atoms with E-state index in [0.29, 0.717) is 6.61 Å². The van der Waals surface area contributed by atoms with E-state index in [1.165, 1.54) is 0 Å². The summed E-state index contributed by atoms with van der Waals surface area (Å²) in [7, 11) is 0. The molecule has 1 heterocycles. The summed E-state index contributed by atoms with van der Waals surface area (Å²) < 4.78 is 7.50. The molecule has 0 unspecified atom stereocenters. The first-order chi connectivity index (χ1) is 8.76. The van der Waals surface area contributed by atoms with Gasteiger partial charge >= 0.3 is 0 Å². The average molecular weight is 263 g/mol. The lowest BCUT2D eigenvalue weighted by atomic mass is 10.3. The smallest absolute Gasteiger partial charge is 0.195 e. The number of aryl methyl sites for hydroxylation is 1. The number of rotatable bonds is 5. The van der Waals surface area contributed by atoms with Crippen LogP contribution < -0.4 is 4.74 Å². The Morgan fingerprint density at radius 1 is 1.17 bits per heavy atom. The second-order valence-electron chi connectivity index (χ2n) is 3.73. The molecule has 0 saturated carbocycles. The van der Waals surface area contributed by atoms with Crippen molar-refractivity contribution >= 4 is 11.8 Å². The summed E-state index contributed by atoms with van der Waals surface area (Å²) in [4.78, 5) is 0. The number of nitrogens with zero attached hydrogens (tertiary/aromatic N) is 3. The van der Waals surface area contributed by atoms with Gasteiger partial charge in [-0.1, -0.05) is 18.7 Å². The van der Waals surface area contributed by atoms with Crippen molar-refractivity contribution in [3.05, 3.63) is 30.1 Å². The van der Waals surface area contributed by atoms with E-state index in [9.17, 15) is 0 Å². The van der Waals surface area contributed by atoms with Gasteiger partial charge in [-0.2, -0.15) is 0 Å². The number of aromatic nitrogens is 3. The van der Waals surface area contributed by atoms with E-state index < -0.39 is 0 Å². The molecule has 0 bridgehead atoms. The summed E-state index contributed by atoms with van der Waals surface area (Å²) >= 11 is 1.69. The summed E-state index contributed by atoms with van der Waals surface area (Å²) in [5.41, 5.74) is 1.07. The van der Waals surface area contributed by atoms with Crippen molar-refractivity contribution in [1.82, 2.24) is 14.8 Å². The zero-order valence-corrected chi connectivity index (χ0v) is 11.7. The Hall–Kier alpha value is -1.49. The number of hydrogen-bond acceptors (Lipinski definition) is 4. The van der Waals surface area contributed by atoms with Crippen molar-refractivity contribution in [3.63, 3.8) is 0 Å². The highest BCUT2D eigenvalue weighted by Crippen LogP contribution is 2.23. The van der Waals surface area contributed by atoms with E-state index in [1.54, 1.807) is 11.8 Å². The second-order valence-corrected chi connectivity index (χ2v) is 4.96. The first-order valence-electron chi connectivity index (χ1n) is 6.04. The zero-order chi connectivity index (χ0) is 13.0. The Bertz CT molecular complexity index is 507. The highest BCUT2D eigenvalue weighted by molar-refractivity contribution is 7.99. The standard InChI is InChI=1S/C13H17N3OS/c1-4-17-12-8-6-11(7-9-12)16-10(3)14-15-13(16)18-5-2/h6-9H,4-5H2,1-3H3. The molecule has 96 valence electrons. The van der Waals surface area contributed by atoms with Crippen LogP contribution in [0.3, 0.4) is 0 Å². The van der Waals surface area contributed by atoms with Gasteiger partial charge in [0.25, 0.3) is 0 Å². The summed E-state index contributed by atoms with van der Waals surface area (Å²) in [5, 5.41) is 9.25. The molecule has 0 fully saturated rings. The van der Waals surface area contributed by atoms with Gasteiger partial charge in [0.05, 0.1) is 6.61 Å². The van der Waals surface area contributed by atoms with Crippen molar-refractivity contribution in [2.24, 2.45) is 0 Å². The van der Waals surface area contributed by atoms with Crippen molar-refractivity contribution in [2.75, 3.05) is 12.4 Å². The van der Waals surface area contributed by atoms with Crippen molar-refractivity contribution in [3.8, 4) is 11.4 Å². The maximum absolute atomic E-state index is 5.44. The predicted octanol–water partition coefficient (Wildman–Crippen LogP) is 3.09. The van der Waals surface area contributed by atoms with Crippen molar-refractivity contribution in [2.45, 2.75) is 25.9 Å². The van der Waals surface area contributed by atoms with Crippen LogP contribution in [0.15, 0.2) is 29.4 Å². The van der Waals surface area contributed by atoms with Crippen LogP contribution in [-0.4, -0.2) is 27.1 Å². The van der Waals surface area contributed by atoms with Crippen LogP contribution in [0.4, 0.5) is 0 Å². The minimum atomic E-state index is 0.682. The molecule has 5 heteroatoms. The van der Waals surface area contributed by atoms with E-state index in [0.717, 1.165) is 28.2 Å². The van der Waals surface area contributed by atoms with Gasteiger partial charge in [0.2, 0.25) is 0 Å². The zero-order valence-electron chi connectivity index (χ0n) is 10.9. The van der Waals surface area contributed by atoms with E-state index >= 15 is 0 Å². The Balaban J connectivity index is 2.32. The van der Waals surface area contributed by atoms with Gasteiger partial charge in [-0.15, -0.1) is 10.2 Å². The van der Waals surface area contributed by atoms with Gasteiger partial charge in [0.1, 0.15) is 11.6 Å². The molecule has 0 saturated heterocycles. The molecule has 0 aliphatic carbocycles. The maximum atomic E-state index is 5.44. The molecule has 2 aromatic rings. The van der Waals surface area contributed by atoms with Gasteiger partial charge < -0.3 is 4.74 Å². The van der Waals surface area contributed by atoms with Crippen LogP contribution in [0, 0.1) is 6.92 Å². The van der Waals surface area contributed by atoms with Crippen LogP contribution >= 0.6 is 11.8 Å².